The lowest BCUT2D eigenvalue weighted by Crippen LogP contribution is -2.34. The standard InChI is InChI=1S/C16H24N2O3S/c1-12(13-5-4-8-17-11-13)9-16(19)18-14-6-3-7-15(10-14)22(2,20)21/h3,6-7,10,12-13,17H,4-5,8-9,11H2,1-2H3,(H,18,19). The first-order chi connectivity index (χ1) is 10.4. The second-order valence-electron chi connectivity index (χ2n) is 6.14. The molecule has 0 spiro atoms. The van der Waals surface area contributed by atoms with Crippen LogP contribution >= 0.6 is 0 Å². The Bertz CT molecular complexity index is 622. The summed E-state index contributed by atoms with van der Waals surface area (Å²) in [6, 6.07) is 6.38. The molecule has 2 atom stereocenters. The largest absolute Gasteiger partial charge is 0.326 e. The molecule has 0 aromatic heterocycles. The van der Waals surface area contributed by atoms with Gasteiger partial charge in [0, 0.05) is 18.4 Å². The second kappa shape index (κ2) is 7.24. The average molecular weight is 324 g/mol. The molecular weight excluding hydrogens is 300 g/mol. The molecule has 2 rings (SSSR count). The Morgan fingerprint density at radius 3 is 2.86 bits per heavy atom. The smallest absolute Gasteiger partial charge is 0.224 e. The van der Waals surface area contributed by atoms with E-state index in [1.165, 1.54) is 12.1 Å². The molecule has 6 heteroatoms. The van der Waals surface area contributed by atoms with Crippen LogP contribution in [-0.4, -0.2) is 33.7 Å². The van der Waals surface area contributed by atoms with E-state index >= 15 is 0 Å². The van der Waals surface area contributed by atoms with Gasteiger partial charge in [-0.1, -0.05) is 13.0 Å². The number of carbonyl (C=O) groups excluding carboxylic acids is 1. The maximum Gasteiger partial charge on any atom is 0.224 e. The van der Waals surface area contributed by atoms with Crippen LogP contribution in [0.4, 0.5) is 5.69 Å². The zero-order chi connectivity index (χ0) is 16.2. The highest BCUT2D eigenvalue weighted by Gasteiger charge is 2.22. The minimum absolute atomic E-state index is 0.0660. The minimum Gasteiger partial charge on any atom is -0.326 e. The normalized spacial score (nSPS) is 20.4. The lowest BCUT2D eigenvalue weighted by Gasteiger charge is -2.28. The van der Waals surface area contributed by atoms with Gasteiger partial charge < -0.3 is 10.6 Å². The van der Waals surface area contributed by atoms with Crippen LogP contribution in [0.15, 0.2) is 29.2 Å². The molecule has 1 aliphatic heterocycles. The summed E-state index contributed by atoms with van der Waals surface area (Å²) in [5.41, 5.74) is 0.530. The number of rotatable bonds is 5. The van der Waals surface area contributed by atoms with E-state index in [1.54, 1.807) is 12.1 Å². The Labute approximate surface area is 132 Å². The summed E-state index contributed by atoms with van der Waals surface area (Å²) >= 11 is 0. The molecule has 1 heterocycles. The van der Waals surface area contributed by atoms with Gasteiger partial charge in [-0.15, -0.1) is 0 Å². The summed E-state index contributed by atoms with van der Waals surface area (Å²) in [5, 5.41) is 6.16. The van der Waals surface area contributed by atoms with Gasteiger partial charge in [0.1, 0.15) is 0 Å². The predicted octanol–water partition coefficient (Wildman–Crippen LogP) is 2.05. The van der Waals surface area contributed by atoms with Crippen LogP contribution in [0.2, 0.25) is 0 Å². The molecule has 1 saturated heterocycles. The van der Waals surface area contributed by atoms with Crippen molar-refractivity contribution >= 4 is 21.4 Å². The van der Waals surface area contributed by atoms with E-state index in [9.17, 15) is 13.2 Å². The predicted molar refractivity (Wildman–Crippen MR) is 87.6 cm³/mol. The Hall–Kier alpha value is -1.40. The van der Waals surface area contributed by atoms with Gasteiger partial charge in [0.15, 0.2) is 9.84 Å². The van der Waals surface area contributed by atoms with Gasteiger partial charge >= 0.3 is 0 Å². The molecule has 2 N–H and O–H groups in total. The topological polar surface area (TPSA) is 75.3 Å². The van der Waals surface area contributed by atoms with E-state index < -0.39 is 9.84 Å². The molecule has 5 nitrogen and oxygen atoms in total. The van der Waals surface area contributed by atoms with Crippen molar-refractivity contribution in [2.24, 2.45) is 11.8 Å². The van der Waals surface area contributed by atoms with Crippen LogP contribution in [0.1, 0.15) is 26.2 Å². The Kier molecular flexibility index (Phi) is 5.58. The molecule has 1 aliphatic rings. The maximum atomic E-state index is 12.1. The van der Waals surface area contributed by atoms with Gasteiger partial charge in [0.05, 0.1) is 4.90 Å². The summed E-state index contributed by atoms with van der Waals surface area (Å²) in [6.07, 6.45) is 3.93. The van der Waals surface area contributed by atoms with Crippen LogP contribution in [0.3, 0.4) is 0 Å². The third-order valence-corrected chi connectivity index (χ3v) is 5.30. The van der Waals surface area contributed by atoms with E-state index in [4.69, 9.17) is 0 Å². The first-order valence-electron chi connectivity index (χ1n) is 7.67. The van der Waals surface area contributed by atoms with Crippen molar-refractivity contribution in [1.82, 2.24) is 5.32 Å². The zero-order valence-electron chi connectivity index (χ0n) is 13.1. The molecule has 1 aromatic carbocycles. The lowest BCUT2D eigenvalue weighted by molar-refractivity contribution is -0.117. The molecule has 1 fully saturated rings. The van der Waals surface area contributed by atoms with Crippen molar-refractivity contribution < 1.29 is 13.2 Å². The van der Waals surface area contributed by atoms with Gasteiger partial charge in [-0.2, -0.15) is 0 Å². The van der Waals surface area contributed by atoms with Crippen molar-refractivity contribution in [3.05, 3.63) is 24.3 Å². The lowest BCUT2D eigenvalue weighted by atomic mass is 9.85. The average Bonchev–Trinajstić information content (AvgIpc) is 2.47. The van der Waals surface area contributed by atoms with Crippen LogP contribution in [0.25, 0.3) is 0 Å². The summed E-state index contributed by atoms with van der Waals surface area (Å²) < 4.78 is 23.1. The van der Waals surface area contributed by atoms with E-state index in [0.29, 0.717) is 23.9 Å². The highest BCUT2D eigenvalue weighted by molar-refractivity contribution is 7.90. The third kappa shape index (κ3) is 4.81. The highest BCUT2D eigenvalue weighted by Crippen LogP contribution is 2.23. The fourth-order valence-corrected chi connectivity index (χ4v) is 3.51. The number of benzene rings is 1. The summed E-state index contributed by atoms with van der Waals surface area (Å²) in [4.78, 5) is 12.4. The second-order valence-corrected chi connectivity index (χ2v) is 8.15. The summed E-state index contributed by atoms with van der Waals surface area (Å²) in [7, 11) is -3.26. The van der Waals surface area contributed by atoms with Crippen LogP contribution < -0.4 is 10.6 Å². The molecule has 0 bridgehead atoms. The van der Waals surface area contributed by atoms with Gasteiger partial charge in [-0.05, 0) is 56.0 Å². The summed E-state index contributed by atoms with van der Waals surface area (Å²) in [6.45, 7) is 4.13. The van der Waals surface area contributed by atoms with Crippen LogP contribution in [0, 0.1) is 11.8 Å². The number of carbonyl (C=O) groups is 1. The number of hydrogen-bond acceptors (Lipinski definition) is 4. The Balaban J connectivity index is 1.94. The number of hydrogen-bond donors (Lipinski definition) is 2. The molecule has 2 unspecified atom stereocenters. The molecule has 0 aliphatic carbocycles. The molecule has 0 radical (unpaired) electrons. The van der Waals surface area contributed by atoms with E-state index in [2.05, 4.69) is 17.6 Å². The zero-order valence-corrected chi connectivity index (χ0v) is 13.9. The van der Waals surface area contributed by atoms with Crippen molar-refractivity contribution in [3.63, 3.8) is 0 Å². The van der Waals surface area contributed by atoms with E-state index in [0.717, 1.165) is 32.2 Å². The monoisotopic (exact) mass is 324 g/mol. The van der Waals surface area contributed by atoms with Gasteiger partial charge in [0.2, 0.25) is 5.91 Å². The fraction of sp³-hybridized carbons (Fsp3) is 0.562. The quantitative estimate of drug-likeness (QED) is 0.869. The molecule has 1 aromatic rings. The van der Waals surface area contributed by atoms with E-state index in [1.807, 2.05) is 0 Å². The summed E-state index contributed by atoms with van der Waals surface area (Å²) in [5.74, 6) is 0.775. The fourth-order valence-electron chi connectivity index (χ4n) is 2.84. The Morgan fingerprint density at radius 1 is 1.45 bits per heavy atom. The number of sulfone groups is 1. The third-order valence-electron chi connectivity index (χ3n) is 4.19. The molecule has 22 heavy (non-hydrogen) atoms. The molecule has 1 amide bonds. The van der Waals surface area contributed by atoms with Crippen molar-refractivity contribution in [2.75, 3.05) is 24.7 Å². The molecule has 122 valence electrons. The molecular formula is C16H24N2O3S. The van der Waals surface area contributed by atoms with Gasteiger partial charge in [-0.25, -0.2) is 8.42 Å². The van der Waals surface area contributed by atoms with E-state index in [-0.39, 0.29) is 10.8 Å². The first kappa shape index (κ1) is 17.0. The minimum atomic E-state index is -3.26. The van der Waals surface area contributed by atoms with Crippen molar-refractivity contribution in [3.8, 4) is 0 Å². The number of nitrogens with one attached hydrogen (secondary N) is 2. The highest BCUT2D eigenvalue weighted by atomic mass is 32.2. The van der Waals surface area contributed by atoms with Gasteiger partial charge in [0.25, 0.3) is 0 Å². The number of anilines is 1. The number of piperidine rings is 1. The first-order valence-corrected chi connectivity index (χ1v) is 9.56. The maximum absolute atomic E-state index is 12.1. The van der Waals surface area contributed by atoms with Crippen molar-refractivity contribution in [2.45, 2.75) is 31.1 Å². The van der Waals surface area contributed by atoms with Crippen LogP contribution in [-0.2, 0) is 14.6 Å². The SMILES string of the molecule is CC(CC(=O)Nc1cccc(S(C)(=O)=O)c1)C1CCCNC1. The molecule has 0 saturated carbocycles. The number of amides is 1. The Morgan fingerprint density at radius 2 is 2.23 bits per heavy atom. The van der Waals surface area contributed by atoms with Gasteiger partial charge in [-0.3, -0.25) is 4.79 Å². The van der Waals surface area contributed by atoms with Crippen molar-refractivity contribution in [1.29, 1.82) is 0 Å². The van der Waals surface area contributed by atoms with Crippen LogP contribution in [0.5, 0.6) is 0 Å².